The van der Waals surface area contributed by atoms with Crippen LogP contribution in [-0.4, -0.2) is 61.3 Å². The molecule has 0 aromatic carbocycles. The lowest BCUT2D eigenvalue weighted by atomic mass is 10.0. The van der Waals surface area contributed by atoms with E-state index in [9.17, 15) is 14.8 Å². The highest BCUT2D eigenvalue weighted by atomic mass is 31.2. The van der Waals surface area contributed by atoms with Crippen molar-refractivity contribution >= 4 is 24.6 Å². The van der Waals surface area contributed by atoms with E-state index in [2.05, 4.69) is 20.9 Å². The number of hydrogen-bond acceptors (Lipinski definition) is 9. The summed E-state index contributed by atoms with van der Waals surface area (Å²) in [5.74, 6) is 2.46. The quantitative estimate of drug-likeness (QED) is 0.439. The smallest absolute Gasteiger partial charge is 0.331 e. The Balaban J connectivity index is 1.70. The highest BCUT2D eigenvalue weighted by Gasteiger charge is 2.73. The van der Waals surface area contributed by atoms with Gasteiger partial charge in [0, 0.05) is 5.41 Å². The van der Waals surface area contributed by atoms with Crippen LogP contribution >= 0.6 is 7.60 Å². The average Bonchev–Trinajstić information content (AvgIpc) is 3.13. The van der Waals surface area contributed by atoms with Crippen LogP contribution in [0.15, 0.2) is 6.33 Å². The summed E-state index contributed by atoms with van der Waals surface area (Å²) in [6.07, 6.45) is 5.34. The predicted octanol–water partition coefficient (Wildman–Crippen LogP) is 0.939. The van der Waals surface area contributed by atoms with Crippen molar-refractivity contribution < 1.29 is 23.8 Å². The van der Waals surface area contributed by atoms with Crippen LogP contribution in [0.25, 0.3) is 11.2 Å². The van der Waals surface area contributed by atoms with Gasteiger partial charge in [0.1, 0.15) is 11.6 Å². The van der Waals surface area contributed by atoms with Crippen molar-refractivity contribution in [3.05, 3.63) is 12.2 Å². The first-order chi connectivity index (χ1) is 13.8. The highest BCUT2D eigenvalue weighted by Crippen LogP contribution is 2.73. The first kappa shape index (κ1) is 20.3. The third kappa shape index (κ3) is 3.05. The normalized spacial score (nSPS) is 31.0. The molecule has 0 bridgehead atoms. The van der Waals surface area contributed by atoms with Crippen LogP contribution in [0, 0.1) is 23.7 Å². The lowest BCUT2D eigenvalue weighted by molar-refractivity contribution is -0.0141. The fraction of sp³-hybridized carbons (Fsp3) is 0.611. The van der Waals surface area contributed by atoms with Crippen LogP contribution in [0.3, 0.4) is 0 Å². The first-order valence-electron chi connectivity index (χ1n) is 9.51. The number of rotatable bonds is 7. The predicted molar refractivity (Wildman–Crippen MR) is 105 cm³/mol. The van der Waals surface area contributed by atoms with E-state index >= 15 is 0 Å². The number of nitrogen functional groups attached to an aromatic ring is 1. The third-order valence-electron chi connectivity index (χ3n) is 5.89. The van der Waals surface area contributed by atoms with Gasteiger partial charge in [-0.2, -0.15) is 0 Å². The molecule has 0 amide bonds. The monoisotopic (exact) mass is 421 g/mol. The van der Waals surface area contributed by atoms with Gasteiger partial charge in [-0.15, -0.1) is 6.42 Å². The molecule has 4 N–H and O–H groups in total. The number of fused-ring (bicyclic) bond motifs is 2. The number of nitrogens with zero attached hydrogens (tertiary/aromatic N) is 4. The zero-order valence-electron chi connectivity index (χ0n) is 16.2. The first-order valence-corrected chi connectivity index (χ1v) is 11.2. The van der Waals surface area contributed by atoms with Gasteiger partial charge in [-0.05, 0) is 32.1 Å². The van der Waals surface area contributed by atoms with Crippen molar-refractivity contribution in [2.45, 2.75) is 38.5 Å². The number of aliphatic hydroxyl groups is 2. The topological polar surface area (TPSA) is 146 Å². The Bertz CT molecular complexity index is 1030. The van der Waals surface area contributed by atoms with Gasteiger partial charge in [-0.1, -0.05) is 0 Å². The number of nitrogens with two attached hydrogens (primary N) is 1. The van der Waals surface area contributed by atoms with E-state index in [4.69, 9.17) is 21.2 Å². The maximum absolute atomic E-state index is 13.1. The summed E-state index contributed by atoms with van der Waals surface area (Å²) in [6, 6.07) is -0.522. The summed E-state index contributed by atoms with van der Waals surface area (Å²) in [6.45, 7) is 3.94. The second kappa shape index (κ2) is 7.04. The second-order valence-electron chi connectivity index (χ2n) is 7.48. The number of anilines is 1. The van der Waals surface area contributed by atoms with Gasteiger partial charge in [0.15, 0.2) is 11.5 Å². The maximum atomic E-state index is 13.1. The van der Waals surface area contributed by atoms with Gasteiger partial charge in [-0.25, -0.2) is 15.0 Å². The van der Waals surface area contributed by atoms with E-state index in [-0.39, 0.29) is 36.9 Å². The summed E-state index contributed by atoms with van der Waals surface area (Å²) in [4.78, 5) is 12.6. The number of imidazole rings is 1. The molecule has 11 heteroatoms. The zero-order valence-corrected chi connectivity index (χ0v) is 17.1. The average molecular weight is 421 g/mol. The molecule has 2 aliphatic carbocycles. The van der Waals surface area contributed by atoms with Crippen molar-refractivity contribution in [2.75, 3.05) is 25.1 Å². The van der Waals surface area contributed by atoms with Gasteiger partial charge in [-0.3, -0.25) is 4.57 Å². The number of aromatic nitrogens is 4. The van der Waals surface area contributed by atoms with Crippen molar-refractivity contribution in [3.63, 3.8) is 0 Å². The molecule has 10 nitrogen and oxygen atoms in total. The van der Waals surface area contributed by atoms with Crippen molar-refractivity contribution in [1.29, 1.82) is 0 Å². The lowest BCUT2D eigenvalue weighted by Gasteiger charge is -2.26. The van der Waals surface area contributed by atoms with Crippen LogP contribution in [0.5, 0.6) is 0 Å². The largest absolute Gasteiger partial charge is 0.390 e. The summed E-state index contributed by atoms with van der Waals surface area (Å²) >= 11 is 0. The molecule has 2 saturated carbocycles. The van der Waals surface area contributed by atoms with Gasteiger partial charge in [0.2, 0.25) is 5.82 Å². The summed E-state index contributed by atoms with van der Waals surface area (Å²) in [5, 5.41) is 21.7. The fourth-order valence-electron chi connectivity index (χ4n) is 4.65. The SMILES string of the molecule is C#Cc1nc(N)c2ncn([C@H]3[C@H](O)[C@H](O)[C@]4(CP(=O)(OCC)OCC)C[C@H]34)c2n1. The van der Waals surface area contributed by atoms with Crippen LogP contribution in [0.1, 0.15) is 32.1 Å². The molecule has 4 rings (SSSR count). The second-order valence-corrected chi connectivity index (χ2v) is 9.53. The van der Waals surface area contributed by atoms with Crippen molar-refractivity contribution in [1.82, 2.24) is 19.5 Å². The molecule has 2 fully saturated rings. The molecule has 2 heterocycles. The van der Waals surface area contributed by atoms with Crippen molar-refractivity contribution in [2.24, 2.45) is 11.3 Å². The molecule has 2 aromatic heterocycles. The Hall–Kier alpha value is -2.02. The summed E-state index contributed by atoms with van der Waals surface area (Å²) in [7, 11) is -3.40. The minimum Gasteiger partial charge on any atom is -0.390 e. The van der Waals surface area contributed by atoms with Crippen LogP contribution in [0.4, 0.5) is 5.82 Å². The molecule has 0 saturated heterocycles. The van der Waals surface area contributed by atoms with Crippen LogP contribution in [-0.2, 0) is 13.6 Å². The lowest BCUT2D eigenvalue weighted by Crippen LogP contribution is -2.35. The Kier molecular flexibility index (Phi) is 4.92. The maximum Gasteiger partial charge on any atom is 0.331 e. The molecule has 29 heavy (non-hydrogen) atoms. The van der Waals surface area contributed by atoms with Gasteiger partial charge < -0.3 is 29.6 Å². The molecular weight excluding hydrogens is 397 g/mol. The fourth-order valence-corrected chi connectivity index (χ4v) is 6.97. The van der Waals surface area contributed by atoms with E-state index in [0.29, 0.717) is 17.6 Å². The Morgan fingerprint density at radius 3 is 2.69 bits per heavy atom. The minimum atomic E-state index is -3.40. The Morgan fingerprint density at radius 1 is 1.38 bits per heavy atom. The number of terminal acetylenes is 1. The molecule has 0 unspecified atom stereocenters. The Labute approximate surface area is 168 Å². The third-order valence-corrected chi connectivity index (χ3v) is 8.17. The molecular formula is C18H24N5O5P. The van der Waals surface area contributed by atoms with Gasteiger partial charge >= 0.3 is 7.60 Å². The number of hydrogen-bond donors (Lipinski definition) is 3. The molecule has 156 valence electrons. The summed E-state index contributed by atoms with van der Waals surface area (Å²) < 4.78 is 25.6. The molecule has 0 spiro atoms. The van der Waals surface area contributed by atoms with Crippen LogP contribution < -0.4 is 5.73 Å². The van der Waals surface area contributed by atoms with E-state index in [1.165, 1.54) is 6.33 Å². The minimum absolute atomic E-state index is 0.0421. The molecule has 5 atom stereocenters. The van der Waals surface area contributed by atoms with Crippen molar-refractivity contribution in [3.8, 4) is 12.3 Å². The molecule has 0 radical (unpaired) electrons. The zero-order chi connectivity index (χ0) is 21.0. The van der Waals surface area contributed by atoms with E-state index < -0.39 is 31.3 Å². The molecule has 2 aliphatic rings. The summed E-state index contributed by atoms with van der Waals surface area (Å²) in [5.41, 5.74) is 5.93. The standard InChI is InChI=1S/C18H24N5O5P/c1-4-11-21-16(19)12-17(22-11)23(9-20-12)13-10-7-18(10,15(25)14(13)24)8-29(26,27-5-2)28-6-3/h1,9-10,13-15,24-25H,5-8H2,2-3H3,(H2,19,21,22)/t10-,13-,14+,15+,18+/m1/s1. The van der Waals surface area contributed by atoms with Crippen LogP contribution in [0.2, 0.25) is 0 Å². The molecule has 0 aliphatic heterocycles. The van der Waals surface area contributed by atoms with E-state index in [1.54, 1.807) is 18.4 Å². The van der Waals surface area contributed by atoms with E-state index in [0.717, 1.165) is 0 Å². The molecule has 2 aromatic rings. The number of aliphatic hydroxyl groups excluding tert-OH is 2. The Morgan fingerprint density at radius 2 is 2.07 bits per heavy atom. The van der Waals surface area contributed by atoms with Gasteiger partial charge in [0.05, 0.1) is 37.8 Å². The highest BCUT2D eigenvalue weighted by molar-refractivity contribution is 7.53. The van der Waals surface area contributed by atoms with E-state index in [1.807, 2.05) is 0 Å². The van der Waals surface area contributed by atoms with Gasteiger partial charge in [0.25, 0.3) is 0 Å².